The number of nitrogens with zero attached hydrogens (tertiary/aromatic N) is 4. The number of carbonyl (C=O) groups excluding carboxylic acids is 2. The van der Waals surface area contributed by atoms with Crippen LogP contribution in [0.1, 0.15) is 43.0 Å². The van der Waals surface area contributed by atoms with Gasteiger partial charge in [0.15, 0.2) is 11.7 Å². The van der Waals surface area contributed by atoms with E-state index >= 15 is 0 Å². The van der Waals surface area contributed by atoms with E-state index in [9.17, 15) is 9.59 Å². The van der Waals surface area contributed by atoms with Crippen LogP contribution >= 0.6 is 11.5 Å². The molecule has 7 nitrogen and oxygen atoms in total. The molecule has 0 aliphatic carbocycles. The van der Waals surface area contributed by atoms with E-state index in [0.29, 0.717) is 11.4 Å². The van der Waals surface area contributed by atoms with Crippen LogP contribution in [0.25, 0.3) is 0 Å². The van der Waals surface area contributed by atoms with E-state index in [1.165, 1.54) is 4.90 Å². The van der Waals surface area contributed by atoms with Gasteiger partial charge in [-0.15, -0.1) is 5.10 Å². The maximum atomic E-state index is 13.3. The number of carbonyl (C=O) groups is 2. The highest BCUT2D eigenvalue weighted by molar-refractivity contribution is 7.03. The number of rotatable bonds is 5. The number of benzene rings is 1. The highest BCUT2D eigenvalue weighted by atomic mass is 32.1. The Bertz CT molecular complexity index is 924. The molecule has 0 spiro atoms. The second-order valence-corrected chi connectivity index (χ2v) is 7.81. The Morgan fingerprint density at radius 2 is 1.79 bits per heavy atom. The van der Waals surface area contributed by atoms with Crippen molar-refractivity contribution in [1.29, 1.82) is 0 Å². The van der Waals surface area contributed by atoms with E-state index in [1.54, 1.807) is 41.9 Å². The fraction of sp³-hybridized carbons (Fsp3) is 0.250. The smallest absolute Gasteiger partial charge is 0.280 e. The Labute approximate surface area is 167 Å². The summed E-state index contributed by atoms with van der Waals surface area (Å²) in [4.78, 5) is 32.4. The van der Waals surface area contributed by atoms with E-state index in [-0.39, 0.29) is 11.6 Å². The van der Waals surface area contributed by atoms with Crippen LogP contribution in [-0.2, 0) is 4.79 Å². The summed E-state index contributed by atoms with van der Waals surface area (Å²) in [6, 6.07) is 13.3. The van der Waals surface area contributed by atoms with Gasteiger partial charge in [0.1, 0.15) is 0 Å². The van der Waals surface area contributed by atoms with Gasteiger partial charge in [-0.3, -0.25) is 19.5 Å². The number of hydrogen-bond acceptors (Lipinski definition) is 6. The van der Waals surface area contributed by atoms with Crippen molar-refractivity contribution in [2.24, 2.45) is 0 Å². The van der Waals surface area contributed by atoms with E-state index < -0.39 is 17.5 Å². The maximum Gasteiger partial charge on any atom is 0.280 e. The summed E-state index contributed by atoms with van der Waals surface area (Å²) < 4.78 is 3.78. The number of nitrogens with one attached hydrogen (secondary N) is 1. The molecule has 0 bridgehead atoms. The van der Waals surface area contributed by atoms with Crippen LogP contribution < -0.4 is 10.2 Å². The predicted octanol–water partition coefficient (Wildman–Crippen LogP) is 3.24. The predicted molar refractivity (Wildman–Crippen MR) is 108 cm³/mol. The van der Waals surface area contributed by atoms with Gasteiger partial charge >= 0.3 is 0 Å². The molecule has 28 heavy (non-hydrogen) atoms. The average Bonchev–Trinajstić information content (AvgIpc) is 3.20. The normalized spacial score (nSPS) is 12.2. The molecule has 3 rings (SSSR count). The molecule has 0 radical (unpaired) electrons. The molecular formula is C20H21N5O2S. The number of para-hydroxylation sites is 1. The first kappa shape index (κ1) is 19.6. The van der Waals surface area contributed by atoms with Crippen molar-refractivity contribution in [3.63, 3.8) is 0 Å². The average molecular weight is 395 g/mol. The second-order valence-electron chi connectivity index (χ2n) is 7.20. The first-order valence-electron chi connectivity index (χ1n) is 8.75. The lowest BCUT2D eigenvalue weighted by Crippen LogP contribution is -2.49. The largest absolute Gasteiger partial charge is 0.349 e. The Morgan fingerprint density at radius 3 is 2.36 bits per heavy atom. The molecule has 2 amide bonds. The first-order chi connectivity index (χ1) is 13.4. The van der Waals surface area contributed by atoms with Crippen LogP contribution in [0.3, 0.4) is 0 Å². The highest BCUT2D eigenvalue weighted by Gasteiger charge is 2.36. The van der Waals surface area contributed by atoms with Gasteiger partial charge in [-0.1, -0.05) is 28.8 Å². The van der Waals surface area contributed by atoms with Crippen molar-refractivity contribution < 1.29 is 9.59 Å². The molecule has 0 fully saturated rings. The van der Waals surface area contributed by atoms with E-state index in [0.717, 1.165) is 11.5 Å². The summed E-state index contributed by atoms with van der Waals surface area (Å²) in [6.07, 6.45) is 1.60. The third-order valence-electron chi connectivity index (χ3n) is 3.80. The van der Waals surface area contributed by atoms with Gasteiger partial charge in [-0.2, -0.15) is 0 Å². The zero-order chi connectivity index (χ0) is 20.1. The lowest BCUT2D eigenvalue weighted by molar-refractivity contribution is -0.124. The molecule has 1 N–H and O–H groups in total. The zero-order valence-corrected chi connectivity index (χ0v) is 16.7. The van der Waals surface area contributed by atoms with Gasteiger partial charge < -0.3 is 5.32 Å². The van der Waals surface area contributed by atoms with Gasteiger partial charge in [0.05, 0.1) is 5.69 Å². The van der Waals surface area contributed by atoms with Crippen molar-refractivity contribution in [2.75, 3.05) is 4.90 Å². The fourth-order valence-electron chi connectivity index (χ4n) is 2.71. The number of aromatic nitrogens is 3. The number of anilines is 1. The highest BCUT2D eigenvalue weighted by Crippen LogP contribution is 2.29. The molecule has 2 heterocycles. The summed E-state index contributed by atoms with van der Waals surface area (Å²) in [6.45, 7) is 5.66. The molecule has 1 unspecified atom stereocenters. The van der Waals surface area contributed by atoms with Crippen LogP contribution in [-0.4, -0.2) is 31.9 Å². The lowest BCUT2D eigenvalue weighted by atomic mass is 10.0. The Morgan fingerprint density at radius 1 is 1.07 bits per heavy atom. The summed E-state index contributed by atoms with van der Waals surface area (Å²) in [5.41, 5.74) is 0.737. The molecule has 8 heteroatoms. The minimum Gasteiger partial charge on any atom is -0.349 e. The quantitative estimate of drug-likeness (QED) is 0.716. The Kier molecular flexibility index (Phi) is 5.79. The molecule has 2 aromatic heterocycles. The van der Waals surface area contributed by atoms with Gasteiger partial charge in [-0.05, 0) is 56.6 Å². The van der Waals surface area contributed by atoms with Crippen molar-refractivity contribution in [3.05, 3.63) is 71.5 Å². The number of pyridine rings is 1. The Hall–Kier alpha value is -3.13. The summed E-state index contributed by atoms with van der Waals surface area (Å²) in [5, 5.41) is 8.42. The van der Waals surface area contributed by atoms with Crippen molar-refractivity contribution in [3.8, 4) is 0 Å². The summed E-state index contributed by atoms with van der Waals surface area (Å²) in [5.74, 6) is -0.744. The molecule has 0 aliphatic rings. The molecule has 0 saturated heterocycles. The van der Waals surface area contributed by atoms with Gasteiger partial charge in [0.25, 0.3) is 5.91 Å². The second kappa shape index (κ2) is 8.26. The van der Waals surface area contributed by atoms with Crippen molar-refractivity contribution >= 4 is 29.0 Å². The van der Waals surface area contributed by atoms with Crippen LogP contribution in [0.2, 0.25) is 0 Å². The molecule has 3 aromatic rings. The van der Waals surface area contributed by atoms with Gasteiger partial charge in [0, 0.05) is 22.8 Å². The first-order valence-corrected chi connectivity index (χ1v) is 9.59. The standard InChI is InChI=1S/C20H21N5O2S/c1-20(2,3)22-18(26)17(15-11-7-8-12-21-15)25(14-9-5-4-6-10-14)19(27)16-13-28-24-23-16/h4-13,17H,1-3H3,(H,22,26). The van der Waals surface area contributed by atoms with Crippen LogP contribution in [0, 0.1) is 0 Å². The molecule has 0 aliphatic heterocycles. The van der Waals surface area contributed by atoms with E-state index in [4.69, 9.17) is 0 Å². The minimum absolute atomic E-state index is 0.179. The van der Waals surface area contributed by atoms with Gasteiger partial charge in [-0.25, -0.2) is 0 Å². The summed E-state index contributed by atoms with van der Waals surface area (Å²) >= 11 is 1.08. The maximum absolute atomic E-state index is 13.3. The topological polar surface area (TPSA) is 88.1 Å². The van der Waals surface area contributed by atoms with Crippen LogP contribution in [0.5, 0.6) is 0 Å². The SMILES string of the molecule is CC(C)(C)NC(=O)C(c1ccccn1)N(C(=O)c1csnn1)c1ccccc1. The van der Waals surface area contributed by atoms with Crippen LogP contribution in [0.15, 0.2) is 60.1 Å². The summed E-state index contributed by atoms with van der Waals surface area (Å²) in [7, 11) is 0. The third kappa shape index (κ3) is 4.58. The van der Waals surface area contributed by atoms with Gasteiger partial charge in [0.2, 0.25) is 5.91 Å². The monoisotopic (exact) mass is 395 g/mol. The molecule has 0 saturated carbocycles. The minimum atomic E-state index is -0.961. The van der Waals surface area contributed by atoms with Crippen molar-refractivity contribution in [2.45, 2.75) is 32.4 Å². The Balaban J connectivity index is 2.13. The number of amides is 2. The fourth-order valence-corrected chi connectivity index (χ4v) is 3.14. The number of hydrogen-bond donors (Lipinski definition) is 1. The van der Waals surface area contributed by atoms with E-state index in [2.05, 4.69) is 19.9 Å². The van der Waals surface area contributed by atoms with Crippen LogP contribution in [0.4, 0.5) is 5.69 Å². The third-order valence-corrected chi connectivity index (χ3v) is 4.31. The van der Waals surface area contributed by atoms with E-state index in [1.807, 2.05) is 39.0 Å². The molecule has 1 aromatic carbocycles. The zero-order valence-electron chi connectivity index (χ0n) is 15.9. The molecular weight excluding hydrogens is 374 g/mol. The molecule has 144 valence electrons. The van der Waals surface area contributed by atoms with Crippen molar-refractivity contribution in [1.82, 2.24) is 19.9 Å². The lowest BCUT2D eigenvalue weighted by Gasteiger charge is -2.32. The molecule has 1 atom stereocenters.